The molecule has 2 N–H and O–H groups in total. The third-order valence-electron chi connectivity index (χ3n) is 2.14. The van der Waals surface area contributed by atoms with E-state index in [2.05, 4.69) is 15.0 Å². The Balaban J connectivity index is 2.65. The van der Waals surface area contributed by atoms with Gasteiger partial charge in [-0.15, -0.1) is 0 Å². The van der Waals surface area contributed by atoms with Gasteiger partial charge >= 0.3 is 0 Å². The van der Waals surface area contributed by atoms with E-state index in [1.807, 2.05) is 20.8 Å². The third kappa shape index (κ3) is 4.10. The van der Waals surface area contributed by atoms with Gasteiger partial charge in [-0.2, -0.15) is 4.37 Å². The van der Waals surface area contributed by atoms with Crippen LogP contribution < -0.4 is 10.6 Å². The van der Waals surface area contributed by atoms with Gasteiger partial charge in [0.1, 0.15) is 5.00 Å². The second-order valence-corrected chi connectivity index (χ2v) is 5.95. The van der Waals surface area contributed by atoms with E-state index in [1.54, 1.807) is 6.92 Å². The lowest BCUT2D eigenvalue weighted by Crippen LogP contribution is -2.43. The topological polar surface area (TPSA) is 71.1 Å². The van der Waals surface area contributed by atoms with Gasteiger partial charge in [-0.05, 0) is 46.2 Å². The molecule has 0 spiro atoms. The molecule has 0 saturated carbocycles. The Morgan fingerprint density at radius 1 is 1.33 bits per heavy atom. The van der Waals surface area contributed by atoms with Gasteiger partial charge in [-0.25, -0.2) is 0 Å². The van der Waals surface area contributed by atoms with Gasteiger partial charge in [0.05, 0.1) is 17.8 Å². The number of aromatic nitrogens is 1. The number of Topliss-reactive ketones (excluding diaryl/α,β-unsaturated/α-hetero) is 1. The average molecular weight is 269 g/mol. The number of amides is 1. The summed E-state index contributed by atoms with van der Waals surface area (Å²) in [6.45, 7) is 9.18. The van der Waals surface area contributed by atoms with Gasteiger partial charge in [0.2, 0.25) is 5.91 Å². The molecule has 1 heterocycles. The zero-order valence-corrected chi connectivity index (χ0v) is 12.2. The van der Waals surface area contributed by atoms with Crippen LogP contribution in [0.5, 0.6) is 0 Å². The van der Waals surface area contributed by atoms with Crippen LogP contribution in [0, 0.1) is 6.92 Å². The van der Waals surface area contributed by atoms with Gasteiger partial charge in [-0.1, -0.05) is 0 Å². The van der Waals surface area contributed by atoms with Gasteiger partial charge < -0.3 is 10.6 Å². The number of anilines is 1. The van der Waals surface area contributed by atoms with Crippen LogP contribution in [0.15, 0.2) is 0 Å². The van der Waals surface area contributed by atoms with Crippen LogP contribution in [0.25, 0.3) is 0 Å². The highest BCUT2D eigenvalue weighted by Crippen LogP contribution is 2.24. The van der Waals surface area contributed by atoms with Crippen molar-refractivity contribution in [3.63, 3.8) is 0 Å². The lowest BCUT2D eigenvalue weighted by molar-refractivity contribution is -0.120. The molecule has 0 atom stereocenters. The number of nitrogens with zero attached hydrogens (tertiary/aromatic N) is 1. The fraction of sp³-hybridized carbons (Fsp3) is 0.583. The summed E-state index contributed by atoms with van der Waals surface area (Å²) in [6.07, 6.45) is 0. The first-order chi connectivity index (χ1) is 8.20. The molecule has 0 aliphatic carbocycles. The smallest absolute Gasteiger partial charge is 0.239 e. The summed E-state index contributed by atoms with van der Waals surface area (Å²) in [5.41, 5.74) is 1.01. The molecule has 0 fully saturated rings. The Morgan fingerprint density at radius 2 is 1.94 bits per heavy atom. The first-order valence-corrected chi connectivity index (χ1v) is 6.50. The minimum atomic E-state index is -0.258. The molecule has 1 aromatic rings. The second kappa shape index (κ2) is 5.48. The quantitative estimate of drug-likeness (QED) is 0.820. The van der Waals surface area contributed by atoms with Crippen LogP contribution in [0.4, 0.5) is 5.00 Å². The molecule has 0 bridgehead atoms. The zero-order chi connectivity index (χ0) is 13.9. The maximum Gasteiger partial charge on any atom is 0.239 e. The normalized spacial score (nSPS) is 11.2. The predicted octanol–water partition coefficient (Wildman–Crippen LogP) is 1.98. The molecule has 1 aromatic heterocycles. The van der Waals surface area contributed by atoms with Gasteiger partial charge in [-0.3, -0.25) is 9.59 Å². The number of hydrogen-bond acceptors (Lipinski definition) is 5. The van der Waals surface area contributed by atoms with E-state index in [9.17, 15) is 9.59 Å². The van der Waals surface area contributed by atoms with E-state index >= 15 is 0 Å². The maximum atomic E-state index is 11.6. The molecule has 100 valence electrons. The van der Waals surface area contributed by atoms with Gasteiger partial charge in [0, 0.05) is 5.54 Å². The highest BCUT2D eigenvalue weighted by atomic mass is 32.1. The largest absolute Gasteiger partial charge is 0.366 e. The molecule has 1 amide bonds. The van der Waals surface area contributed by atoms with Crippen LogP contribution in [0.2, 0.25) is 0 Å². The fourth-order valence-corrected chi connectivity index (χ4v) is 2.37. The van der Waals surface area contributed by atoms with Crippen LogP contribution in [-0.4, -0.2) is 28.1 Å². The summed E-state index contributed by atoms with van der Waals surface area (Å²) in [4.78, 5) is 23.1. The molecule has 1 rings (SSSR count). The number of carbonyl (C=O) groups excluding carboxylic acids is 2. The van der Waals surface area contributed by atoms with Crippen molar-refractivity contribution in [3.05, 3.63) is 11.3 Å². The minimum absolute atomic E-state index is 0.0417. The number of rotatable bonds is 4. The molecule has 0 aliphatic heterocycles. The van der Waals surface area contributed by atoms with E-state index in [4.69, 9.17) is 0 Å². The summed E-state index contributed by atoms with van der Waals surface area (Å²) in [7, 11) is 0. The Morgan fingerprint density at radius 3 is 2.44 bits per heavy atom. The van der Waals surface area contributed by atoms with Crippen molar-refractivity contribution in [2.75, 3.05) is 11.9 Å². The first-order valence-electron chi connectivity index (χ1n) is 5.73. The van der Waals surface area contributed by atoms with E-state index < -0.39 is 0 Å². The SMILES string of the molecule is CC(=O)c1c(C)nsc1NCC(=O)NC(C)(C)C. The van der Waals surface area contributed by atoms with Crippen LogP contribution in [-0.2, 0) is 4.79 Å². The lowest BCUT2D eigenvalue weighted by Gasteiger charge is -2.20. The number of hydrogen-bond donors (Lipinski definition) is 2. The van der Waals surface area contributed by atoms with Gasteiger partial charge in [0.15, 0.2) is 5.78 Å². The highest BCUT2D eigenvalue weighted by molar-refractivity contribution is 7.10. The molecule has 18 heavy (non-hydrogen) atoms. The second-order valence-electron chi connectivity index (χ2n) is 5.18. The molecule has 0 unspecified atom stereocenters. The highest BCUT2D eigenvalue weighted by Gasteiger charge is 2.17. The van der Waals surface area contributed by atoms with Crippen molar-refractivity contribution in [2.24, 2.45) is 0 Å². The lowest BCUT2D eigenvalue weighted by atomic mass is 10.1. The van der Waals surface area contributed by atoms with Crippen molar-refractivity contribution in [1.82, 2.24) is 9.69 Å². The summed E-state index contributed by atoms with van der Waals surface area (Å²) in [6, 6.07) is 0. The first kappa shape index (κ1) is 14.6. The van der Waals surface area contributed by atoms with Crippen LogP contribution in [0.3, 0.4) is 0 Å². The summed E-state index contributed by atoms with van der Waals surface area (Å²) in [5.74, 6) is -0.150. The molecule has 0 aliphatic rings. The summed E-state index contributed by atoms with van der Waals surface area (Å²) in [5, 5.41) is 6.46. The molecule has 0 radical (unpaired) electrons. The number of ketones is 1. The maximum absolute atomic E-state index is 11.6. The Bertz CT molecular complexity index is 460. The van der Waals surface area contributed by atoms with Crippen molar-refractivity contribution in [3.8, 4) is 0 Å². The Kier molecular flexibility index (Phi) is 4.45. The zero-order valence-electron chi connectivity index (χ0n) is 11.4. The Labute approximate surface area is 111 Å². The number of aryl methyl sites for hydroxylation is 1. The Hall–Kier alpha value is -1.43. The standard InChI is InChI=1S/C12H19N3O2S/c1-7-10(8(2)16)11(18-15-7)13-6-9(17)14-12(3,4)5/h13H,6H2,1-5H3,(H,14,17). The molecule has 0 saturated heterocycles. The molecular weight excluding hydrogens is 250 g/mol. The predicted molar refractivity (Wildman–Crippen MR) is 73.2 cm³/mol. The van der Waals surface area contributed by atoms with Crippen molar-refractivity contribution < 1.29 is 9.59 Å². The van der Waals surface area contributed by atoms with E-state index in [0.717, 1.165) is 0 Å². The monoisotopic (exact) mass is 269 g/mol. The van der Waals surface area contributed by atoms with E-state index in [0.29, 0.717) is 16.3 Å². The number of nitrogens with one attached hydrogen (secondary N) is 2. The molecular formula is C12H19N3O2S. The van der Waals surface area contributed by atoms with Crippen molar-refractivity contribution >= 4 is 28.2 Å². The number of carbonyl (C=O) groups is 2. The van der Waals surface area contributed by atoms with Crippen LogP contribution >= 0.6 is 11.5 Å². The fourth-order valence-electron chi connectivity index (χ4n) is 1.53. The van der Waals surface area contributed by atoms with Crippen LogP contribution in [0.1, 0.15) is 43.7 Å². The van der Waals surface area contributed by atoms with Crippen molar-refractivity contribution in [2.45, 2.75) is 40.2 Å². The molecule has 5 nitrogen and oxygen atoms in total. The van der Waals surface area contributed by atoms with E-state index in [-0.39, 0.29) is 23.8 Å². The summed E-state index contributed by atoms with van der Waals surface area (Å²) >= 11 is 1.20. The third-order valence-corrected chi connectivity index (χ3v) is 3.03. The molecule has 6 heteroatoms. The van der Waals surface area contributed by atoms with Gasteiger partial charge in [0.25, 0.3) is 0 Å². The summed E-state index contributed by atoms with van der Waals surface area (Å²) < 4.78 is 4.12. The molecule has 0 aromatic carbocycles. The average Bonchev–Trinajstić information content (AvgIpc) is 2.54. The minimum Gasteiger partial charge on any atom is -0.366 e. The van der Waals surface area contributed by atoms with Crippen molar-refractivity contribution in [1.29, 1.82) is 0 Å². The van der Waals surface area contributed by atoms with E-state index in [1.165, 1.54) is 18.5 Å².